The molecular weight excluding hydrogens is 482 g/mol. The van der Waals surface area contributed by atoms with Crippen LogP contribution >= 0.6 is 0 Å². The van der Waals surface area contributed by atoms with Gasteiger partial charge in [-0.15, -0.1) is 0 Å². The van der Waals surface area contributed by atoms with E-state index in [1.54, 1.807) is 12.3 Å². The van der Waals surface area contributed by atoms with Gasteiger partial charge >= 0.3 is 6.03 Å². The fourth-order valence-electron chi connectivity index (χ4n) is 6.42. The quantitative estimate of drug-likeness (QED) is 0.415. The van der Waals surface area contributed by atoms with Crippen LogP contribution < -0.4 is 15.8 Å². The Labute approximate surface area is 220 Å². The van der Waals surface area contributed by atoms with E-state index in [-0.39, 0.29) is 18.5 Å². The number of aromatic nitrogens is 2. The number of unbranched alkanes of at least 4 members (excludes halogenated alkanes) is 3. The highest BCUT2D eigenvalue weighted by Gasteiger charge is 2.64. The number of imide groups is 2. The first kappa shape index (κ1) is 24.3. The third kappa shape index (κ3) is 3.40. The molecule has 0 unspecified atom stereocenters. The molecule has 9 nitrogen and oxygen atoms in total. The normalized spacial score (nSPS) is 22.4. The van der Waals surface area contributed by atoms with E-state index in [1.165, 1.54) is 9.30 Å². The molecule has 38 heavy (non-hydrogen) atoms. The highest BCUT2D eigenvalue weighted by molar-refractivity contribution is 6.20. The van der Waals surface area contributed by atoms with Crippen molar-refractivity contribution in [2.75, 3.05) is 18.0 Å². The summed E-state index contributed by atoms with van der Waals surface area (Å²) in [4.78, 5) is 63.1. The lowest BCUT2D eigenvalue weighted by Crippen LogP contribution is -2.70. The predicted molar refractivity (Wildman–Crippen MR) is 142 cm³/mol. The molecule has 3 aromatic rings. The Hall–Kier alpha value is -4.01. The standard InChI is InChI=1S/C29H31N5O4/c1-3-4-5-8-14-34-27(37)29(26(36)31-28(34)38)17-21-24(30-23-18(2)10-9-15-33(23)25(21)35)32-16-13-19-11-6-7-12-20(19)22(29)32/h6-7,9-12,15,22H,3-5,8,13-14,16-17H2,1-2H3,(H,31,36,38)/t22-,29-/m0/s1. The van der Waals surface area contributed by atoms with Crippen LogP contribution in [0.3, 0.4) is 0 Å². The molecular formula is C29H31N5O4. The van der Waals surface area contributed by atoms with Gasteiger partial charge in [0.15, 0.2) is 5.41 Å². The second-order valence-corrected chi connectivity index (χ2v) is 10.6. The number of benzene rings is 1. The van der Waals surface area contributed by atoms with Crippen LogP contribution in [0.1, 0.15) is 60.9 Å². The van der Waals surface area contributed by atoms with Crippen molar-refractivity contribution in [3.05, 3.63) is 75.2 Å². The van der Waals surface area contributed by atoms with E-state index in [0.717, 1.165) is 36.0 Å². The average Bonchev–Trinajstić information content (AvgIpc) is 2.92. The fourth-order valence-corrected chi connectivity index (χ4v) is 6.42. The van der Waals surface area contributed by atoms with Gasteiger partial charge in [-0.25, -0.2) is 9.78 Å². The summed E-state index contributed by atoms with van der Waals surface area (Å²) in [6.45, 7) is 4.73. The highest BCUT2D eigenvalue weighted by Crippen LogP contribution is 2.52. The SMILES string of the molecule is CCCCCCN1C(=O)NC(=O)[C@@]2(Cc3c(nc4c(C)cccn4c3=O)N3CCc4ccccc4[C@H]32)C1=O. The van der Waals surface area contributed by atoms with E-state index in [9.17, 15) is 19.2 Å². The molecule has 0 aliphatic carbocycles. The largest absolute Gasteiger partial charge is 0.347 e. The highest BCUT2D eigenvalue weighted by atomic mass is 16.2. The Balaban J connectivity index is 1.57. The topological polar surface area (TPSA) is 104 Å². The molecule has 1 spiro atoms. The van der Waals surface area contributed by atoms with E-state index in [1.807, 2.05) is 42.2 Å². The van der Waals surface area contributed by atoms with Crippen LogP contribution in [0.4, 0.5) is 10.6 Å². The number of nitrogens with one attached hydrogen (secondary N) is 1. The van der Waals surface area contributed by atoms with Crippen molar-refractivity contribution < 1.29 is 14.4 Å². The summed E-state index contributed by atoms with van der Waals surface area (Å²) in [6.07, 6.45) is 5.79. The maximum absolute atomic E-state index is 14.4. The van der Waals surface area contributed by atoms with Crippen LogP contribution in [-0.4, -0.2) is 45.2 Å². The lowest BCUT2D eigenvalue weighted by Gasteiger charge is -2.53. The van der Waals surface area contributed by atoms with Gasteiger partial charge in [0.1, 0.15) is 11.5 Å². The number of rotatable bonds is 5. The van der Waals surface area contributed by atoms with Crippen LogP contribution in [0.15, 0.2) is 47.4 Å². The summed E-state index contributed by atoms with van der Waals surface area (Å²) < 4.78 is 1.49. The number of anilines is 1. The molecule has 4 amide bonds. The predicted octanol–water partition coefficient (Wildman–Crippen LogP) is 3.31. The molecule has 1 aromatic carbocycles. The molecule has 196 valence electrons. The van der Waals surface area contributed by atoms with Gasteiger partial charge in [-0.2, -0.15) is 0 Å². The van der Waals surface area contributed by atoms with Crippen molar-refractivity contribution in [2.24, 2.45) is 5.41 Å². The number of fused-ring (bicyclic) bond motifs is 7. The fraction of sp³-hybridized carbons (Fsp3) is 0.414. The molecule has 1 N–H and O–H groups in total. The number of urea groups is 1. The van der Waals surface area contributed by atoms with Crippen molar-refractivity contribution in [3.8, 4) is 0 Å². The van der Waals surface area contributed by atoms with E-state index < -0.39 is 29.3 Å². The molecule has 3 aliphatic heterocycles. The number of carbonyl (C=O) groups is 3. The molecule has 6 rings (SSSR count). The molecule has 1 saturated heterocycles. The Morgan fingerprint density at radius 2 is 1.87 bits per heavy atom. The Kier molecular flexibility index (Phi) is 5.81. The first-order chi connectivity index (χ1) is 18.4. The van der Waals surface area contributed by atoms with Gasteiger partial charge in [0, 0.05) is 25.7 Å². The molecule has 0 radical (unpaired) electrons. The second-order valence-electron chi connectivity index (χ2n) is 10.6. The summed E-state index contributed by atoms with van der Waals surface area (Å²) in [7, 11) is 0. The summed E-state index contributed by atoms with van der Waals surface area (Å²) in [5.74, 6) is -0.668. The third-order valence-corrected chi connectivity index (χ3v) is 8.33. The zero-order valence-electron chi connectivity index (χ0n) is 21.7. The molecule has 3 aliphatic rings. The van der Waals surface area contributed by atoms with Gasteiger partial charge < -0.3 is 4.90 Å². The smallest absolute Gasteiger partial charge is 0.330 e. The Morgan fingerprint density at radius 1 is 1.05 bits per heavy atom. The second kappa shape index (κ2) is 9.08. The third-order valence-electron chi connectivity index (χ3n) is 8.33. The summed E-state index contributed by atoms with van der Waals surface area (Å²) in [6, 6.07) is 10.1. The number of hydrogen-bond acceptors (Lipinski definition) is 6. The zero-order chi connectivity index (χ0) is 26.6. The van der Waals surface area contributed by atoms with E-state index in [0.29, 0.717) is 36.4 Å². The Morgan fingerprint density at radius 3 is 2.68 bits per heavy atom. The molecule has 2 aromatic heterocycles. The van der Waals surface area contributed by atoms with Crippen LogP contribution in [0.25, 0.3) is 5.65 Å². The molecule has 0 saturated carbocycles. The van der Waals surface area contributed by atoms with Crippen molar-refractivity contribution >= 4 is 29.3 Å². The molecule has 1 fully saturated rings. The van der Waals surface area contributed by atoms with Crippen LogP contribution in [0, 0.1) is 12.3 Å². The maximum atomic E-state index is 14.4. The van der Waals surface area contributed by atoms with Gasteiger partial charge in [-0.05, 0) is 42.5 Å². The number of carbonyl (C=O) groups excluding carboxylic acids is 3. The van der Waals surface area contributed by atoms with Crippen LogP contribution in [-0.2, 0) is 22.4 Å². The number of pyridine rings is 1. The maximum Gasteiger partial charge on any atom is 0.330 e. The molecule has 5 heterocycles. The molecule has 2 atom stereocenters. The first-order valence-electron chi connectivity index (χ1n) is 13.4. The number of barbiturate groups is 1. The van der Waals surface area contributed by atoms with Gasteiger partial charge in [-0.1, -0.05) is 56.5 Å². The van der Waals surface area contributed by atoms with Crippen molar-refractivity contribution in [1.29, 1.82) is 0 Å². The monoisotopic (exact) mass is 513 g/mol. The van der Waals surface area contributed by atoms with Gasteiger partial charge in [0.25, 0.3) is 5.56 Å². The first-order valence-corrected chi connectivity index (χ1v) is 13.4. The van der Waals surface area contributed by atoms with Crippen LogP contribution in [0.2, 0.25) is 0 Å². The van der Waals surface area contributed by atoms with E-state index in [4.69, 9.17) is 4.98 Å². The van der Waals surface area contributed by atoms with Crippen LogP contribution in [0.5, 0.6) is 0 Å². The average molecular weight is 514 g/mol. The Bertz CT molecular complexity index is 1550. The summed E-state index contributed by atoms with van der Waals surface area (Å²) in [5, 5.41) is 2.49. The number of amides is 4. The minimum absolute atomic E-state index is 0.121. The number of nitrogens with zero attached hydrogens (tertiary/aromatic N) is 4. The number of hydrogen-bond donors (Lipinski definition) is 1. The van der Waals surface area contributed by atoms with Gasteiger partial charge in [0.2, 0.25) is 11.8 Å². The molecule has 9 heteroatoms. The van der Waals surface area contributed by atoms with E-state index >= 15 is 0 Å². The van der Waals surface area contributed by atoms with Crippen molar-refractivity contribution in [2.45, 2.75) is 58.4 Å². The van der Waals surface area contributed by atoms with Gasteiger partial charge in [-0.3, -0.25) is 29.0 Å². The number of aryl methyl sites for hydroxylation is 1. The van der Waals surface area contributed by atoms with Crippen molar-refractivity contribution in [3.63, 3.8) is 0 Å². The summed E-state index contributed by atoms with van der Waals surface area (Å²) >= 11 is 0. The summed E-state index contributed by atoms with van der Waals surface area (Å²) in [5.41, 5.74) is 1.69. The van der Waals surface area contributed by atoms with Gasteiger partial charge in [0.05, 0.1) is 11.6 Å². The molecule has 0 bridgehead atoms. The lowest BCUT2D eigenvalue weighted by molar-refractivity contribution is -0.154. The van der Waals surface area contributed by atoms with Crippen molar-refractivity contribution in [1.82, 2.24) is 19.6 Å². The zero-order valence-corrected chi connectivity index (χ0v) is 21.7. The minimum atomic E-state index is -1.67. The van der Waals surface area contributed by atoms with E-state index in [2.05, 4.69) is 12.2 Å². The lowest BCUT2D eigenvalue weighted by atomic mass is 9.65. The minimum Gasteiger partial charge on any atom is -0.347 e.